The summed E-state index contributed by atoms with van der Waals surface area (Å²) < 4.78 is 6.84. The van der Waals surface area contributed by atoms with E-state index >= 15 is 0 Å². The van der Waals surface area contributed by atoms with Crippen molar-refractivity contribution in [3.8, 4) is 5.88 Å². The quantitative estimate of drug-likeness (QED) is 0.738. The van der Waals surface area contributed by atoms with Crippen molar-refractivity contribution in [2.45, 2.75) is 19.9 Å². The molecule has 4 heterocycles. The zero-order valence-electron chi connectivity index (χ0n) is 15.2. The maximum atomic E-state index is 12.5. The lowest BCUT2D eigenvalue weighted by Crippen LogP contribution is -2.59. The molecule has 1 amide bonds. The Morgan fingerprint density at radius 1 is 1.33 bits per heavy atom. The molecule has 1 saturated heterocycles. The number of aryl methyl sites for hydroxylation is 2. The number of nitrogens with zero attached hydrogens (tertiary/aromatic N) is 5. The molecule has 0 aromatic carbocycles. The van der Waals surface area contributed by atoms with Gasteiger partial charge in [0.1, 0.15) is 5.69 Å². The number of carbonyl (C=O) groups is 1. The number of carbonyl (C=O) groups excluding carboxylic acids is 1. The molecular weight excluding hydrogens is 368 g/mol. The van der Waals surface area contributed by atoms with E-state index in [1.807, 2.05) is 13.8 Å². The molecular formula is C18H19ClN6O2. The number of halogens is 1. The van der Waals surface area contributed by atoms with Crippen molar-refractivity contribution in [2.75, 3.05) is 25.1 Å². The maximum Gasteiger partial charge on any atom is 0.272 e. The number of anilines is 1. The summed E-state index contributed by atoms with van der Waals surface area (Å²) in [5, 5.41) is 7.96. The largest absolute Gasteiger partial charge is 0.481 e. The molecule has 0 atom stereocenters. The van der Waals surface area contributed by atoms with E-state index in [0.717, 1.165) is 22.7 Å². The number of rotatable bonds is 4. The van der Waals surface area contributed by atoms with Crippen molar-refractivity contribution < 1.29 is 9.53 Å². The number of fused-ring (bicyclic) bond motifs is 1. The van der Waals surface area contributed by atoms with Crippen molar-refractivity contribution in [2.24, 2.45) is 0 Å². The lowest BCUT2D eigenvalue weighted by molar-refractivity contribution is 0.0924. The van der Waals surface area contributed by atoms with Crippen LogP contribution in [0.2, 0.25) is 5.02 Å². The van der Waals surface area contributed by atoms with Crippen molar-refractivity contribution >= 4 is 28.8 Å². The molecule has 0 aliphatic carbocycles. The van der Waals surface area contributed by atoms with Gasteiger partial charge in [-0.05, 0) is 26.0 Å². The molecule has 4 rings (SSSR count). The highest BCUT2D eigenvalue weighted by molar-refractivity contribution is 6.33. The standard InChI is InChI=1S/C18H19ClN6O2/c1-10-11(2)25-16(21-10)5-4-14(23-25)18(26)22-12-8-24(9-12)15-6-17(27-3)20-7-13(15)19/h4-7,12H,8-9H2,1-3H3,(H,22,26). The van der Waals surface area contributed by atoms with Crippen LogP contribution in [0.15, 0.2) is 24.4 Å². The Morgan fingerprint density at radius 3 is 2.85 bits per heavy atom. The number of pyridine rings is 1. The maximum absolute atomic E-state index is 12.5. The zero-order valence-corrected chi connectivity index (χ0v) is 16.0. The average Bonchev–Trinajstić information content (AvgIpc) is 2.92. The van der Waals surface area contributed by atoms with Crippen LogP contribution in [0, 0.1) is 13.8 Å². The van der Waals surface area contributed by atoms with Crippen molar-refractivity contribution in [3.63, 3.8) is 0 Å². The van der Waals surface area contributed by atoms with E-state index in [1.165, 1.54) is 0 Å². The Labute approximate surface area is 161 Å². The molecule has 0 unspecified atom stereocenters. The highest BCUT2D eigenvalue weighted by Gasteiger charge is 2.30. The Hall–Kier alpha value is -2.87. The van der Waals surface area contributed by atoms with Gasteiger partial charge in [-0.2, -0.15) is 5.10 Å². The number of imidazole rings is 1. The molecule has 8 nitrogen and oxygen atoms in total. The molecule has 0 saturated carbocycles. The predicted molar refractivity (Wildman–Crippen MR) is 102 cm³/mol. The first-order valence-electron chi connectivity index (χ1n) is 8.54. The molecule has 1 aliphatic heterocycles. The van der Waals surface area contributed by atoms with E-state index < -0.39 is 0 Å². The van der Waals surface area contributed by atoms with Crippen LogP contribution in [0.4, 0.5) is 5.69 Å². The second-order valence-electron chi connectivity index (χ2n) is 6.52. The average molecular weight is 387 g/mol. The molecule has 140 valence electrons. The first-order chi connectivity index (χ1) is 13.0. The minimum absolute atomic E-state index is 0.0239. The van der Waals surface area contributed by atoms with Crippen molar-refractivity contribution in [3.05, 3.63) is 46.5 Å². The summed E-state index contributed by atoms with van der Waals surface area (Å²) in [5.41, 5.74) is 3.77. The van der Waals surface area contributed by atoms with Gasteiger partial charge in [0.15, 0.2) is 5.65 Å². The van der Waals surface area contributed by atoms with Gasteiger partial charge in [0, 0.05) is 19.2 Å². The fraction of sp³-hybridized carbons (Fsp3) is 0.333. The molecule has 0 bridgehead atoms. The fourth-order valence-corrected chi connectivity index (χ4v) is 3.29. The number of aromatic nitrogens is 4. The SMILES string of the molecule is COc1cc(N2CC(NC(=O)c3ccc4nc(C)c(C)n4n3)C2)c(Cl)cn1. The van der Waals surface area contributed by atoms with Gasteiger partial charge >= 0.3 is 0 Å². The van der Waals surface area contributed by atoms with Gasteiger partial charge in [0.2, 0.25) is 5.88 Å². The molecule has 27 heavy (non-hydrogen) atoms. The van der Waals surface area contributed by atoms with Crippen LogP contribution in [0.25, 0.3) is 5.65 Å². The van der Waals surface area contributed by atoms with E-state index in [-0.39, 0.29) is 11.9 Å². The van der Waals surface area contributed by atoms with E-state index in [0.29, 0.717) is 29.7 Å². The van der Waals surface area contributed by atoms with Gasteiger partial charge in [-0.15, -0.1) is 0 Å². The third-order valence-corrected chi connectivity index (χ3v) is 5.04. The zero-order chi connectivity index (χ0) is 19.1. The first-order valence-corrected chi connectivity index (χ1v) is 8.92. The smallest absolute Gasteiger partial charge is 0.272 e. The molecule has 3 aromatic rings. The van der Waals surface area contributed by atoms with E-state index in [2.05, 4.69) is 25.3 Å². The van der Waals surface area contributed by atoms with Gasteiger partial charge in [-0.25, -0.2) is 14.5 Å². The van der Waals surface area contributed by atoms with E-state index in [9.17, 15) is 4.79 Å². The van der Waals surface area contributed by atoms with Gasteiger partial charge in [0.05, 0.1) is 41.4 Å². The van der Waals surface area contributed by atoms with Crippen molar-refractivity contribution in [1.29, 1.82) is 0 Å². The Kier molecular flexibility index (Phi) is 4.35. The minimum Gasteiger partial charge on any atom is -0.481 e. The molecule has 1 aliphatic rings. The third kappa shape index (κ3) is 3.16. The summed E-state index contributed by atoms with van der Waals surface area (Å²) in [6.07, 6.45) is 1.57. The topological polar surface area (TPSA) is 84.7 Å². The Balaban J connectivity index is 1.43. The van der Waals surface area contributed by atoms with E-state index in [4.69, 9.17) is 16.3 Å². The van der Waals surface area contributed by atoms with Crippen LogP contribution in [-0.2, 0) is 0 Å². The molecule has 1 N–H and O–H groups in total. The number of hydrogen-bond acceptors (Lipinski definition) is 6. The third-order valence-electron chi connectivity index (χ3n) is 4.75. The van der Waals surface area contributed by atoms with Crippen LogP contribution in [0.3, 0.4) is 0 Å². The summed E-state index contributed by atoms with van der Waals surface area (Å²) in [4.78, 5) is 23.1. The second-order valence-corrected chi connectivity index (χ2v) is 6.93. The molecule has 9 heteroatoms. The first kappa shape index (κ1) is 17.5. The number of nitrogens with one attached hydrogen (secondary N) is 1. The minimum atomic E-state index is -0.203. The number of ether oxygens (including phenoxy) is 1. The number of methoxy groups -OCH3 is 1. The lowest BCUT2D eigenvalue weighted by atomic mass is 10.1. The monoisotopic (exact) mass is 386 g/mol. The molecule has 0 spiro atoms. The summed E-state index contributed by atoms with van der Waals surface area (Å²) >= 11 is 6.22. The van der Waals surface area contributed by atoms with E-state index in [1.54, 1.807) is 36.0 Å². The normalized spacial score (nSPS) is 14.3. The van der Waals surface area contributed by atoms with Crippen LogP contribution in [0.1, 0.15) is 21.9 Å². The Bertz CT molecular complexity index is 1030. The van der Waals surface area contributed by atoms with Gasteiger partial charge in [-0.3, -0.25) is 4.79 Å². The van der Waals surface area contributed by atoms with Gasteiger partial charge in [-0.1, -0.05) is 11.6 Å². The highest BCUT2D eigenvalue weighted by atomic mass is 35.5. The predicted octanol–water partition coefficient (Wildman–Crippen LogP) is 2.02. The molecule has 3 aromatic heterocycles. The molecule has 1 fully saturated rings. The number of hydrogen-bond donors (Lipinski definition) is 1. The Morgan fingerprint density at radius 2 is 2.11 bits per heavy atom. The molecule has 0 radical (unpaired) electrons. The van der Waals surface area contributed by atoms with Crippen LogP contribution < -0.4 is 15.0 Å². The summed E-state index contributed by atoms with van der Waals surface area (Å²) in [6, 6.07) is 5.31. The van der Waals surface area contributed by atoms with Crippen LogP contribution >= 0.6 is 11.6 Å². The summed E-state index contributed by atoms with van der Waals surface area (Å²) in [5.74, 6) is 0.302. The van der Waals surface area contributed by atoms with Crippen LogP contribution in [-0.4, -0.2) is 51.7 Å². The van der Waals surface area contributed by atoms with Crippen molar-refractivity contribution in [1.82, 2.24) is 24.9 Å². The number of amides is 1. The summed E-state index contributed by atoms with van der Waals surface area (Å²) in [6.45, 7) is 5.17. The van der Waals surface area contributed by atoms with Gasteiger partial charge < -0.3 is 15.0 Å². The summed E-state index contributed by atoms with van der Waals surface area (Å²) in [7, 11) is 1.56. The van der Waals surface area contributed by atoms with Crippen LogP contribution in [0.5, 0.6) is 5.88 Å². The second kappa shape index (κ2) is 6.70. The lowest BCUT2D eigenvalue weighted by Gasteiger charge is -2.41. The highest BCUT2D eigenvalue weighted by Crippen LogP contribution is 2.31. The fourth-order valence-electron chi connectivity index (χ4n) is 3.06. The van der Waals surface area contributed by atoms with Gasteiger partial charge in [0.25, 0.3) is 5.91 Å².